The first-order chi connectivity index (χ1) is 5.45. The summed E-state index contributed by atoms with van der Waals surface area (Å²) in [5, 5.41) is 0. The summed E-state index contributed by atoms with van der Waals surface area (Å²) in [5.74, 6) is 0.958. The third-order valence-electron chi connectivity index (χ3n) is 1.89. The van der Waals surface area contributed by atoms with Crippen molar-refractivity contribution in [1.82, 2.24) is 4.98 Å². The minimum absolute atomic E-state index is 0.125. The second-order valence-electron chi connectivity index (χ2n) is 4.15. The fraction of sp³-hybridized carbons (Fsp3) is 0.600. The molecular formula is C10H17NO. The van der Waals surface area contributed by atoms with Crippen molar-refractivity contribution in [2.24, 2.45) is 0 Å². The lowest BCUT2D eigenvalue weighted by molar-refractivity contribution is 0.396. The van der Waals surface area contributed by atoms with Crippen LogP contribution in [0.15, 0.2) is 6.07 Å². The van der Waals surface area contributed by atoms with E-state index in [2.05, 4.69) is 25.8 Å². The van der Waals surface area contributed by atoms with Gasteiger partial charge in [-0.3, -0.25) is 0 Å². The number of H-pyrrole nitrogens is 1. The number of rotatable bonds is 1. The quantitative estimate of drug-likeness (QED) is 0.683. The average Bonchev–Trinajstić information content (AvgIpc) is 2.29. The first-order valence-electron chi connectivity index (χ1n) is 4.19. The number of hydrogen-bond donors (Lipinski definition) is 1. The largest absolute Gasteiger partial charge is 0.495 e. The highest BCUT2D eigenvalue weighted by atomic mass is 16.5. The molecule has 2 heteroatoms. The highest BCUT2D eigenvalue weighted by molar-refractivity contribution is 5.36. The summed E-state index contributed by atoms with van der Waals surface area (Å²) in [6, 6.07) is 2.03. The van der Waals surface area contributed by atoms with Gasteiger partial charge in [0, 0.05) is 17.2 Å². The number of nitrogens with one attached hydrogen (secondary N) is 1. The Hall–Kier alpha value is -0.920. The maximum Gasteiger partial charge on any atom is 0.140 e. The van der Waals surface area contributed by atoms with E-state index in [1.165, 1.54) is 5.69 Å². The van der Waals surface area contributed by atoms with E-state index in [4.69, 9.17) is 4.74 Å². The summed E-state index contributed by atoms with van der Waals surface area (Å²) in [4.78, 5) is 3.31. The monoisotopic (exact) mass is 167 g/mol. The van der Waals surface area contributed by atoms with Crippen molar-refractivity contribution in [3.8, 4) is 5.75 Å². The lowest BCUT2D eigenvalue weighted by atomic mass is 9.92. The number of methoxy groups -OCH3 is 1. The molecule has 0 radical (unpaired) electrons. The van der Waals surface area contributed by atoms with E-state index in [9.17, 15) is 0 Å². The van der Waals surface area contributed by atoms with Gasteiger partial charge in [-0.15, -0.1) is 0 Å². The Morgan fingerprint density at radius 3 is 2.25 bits per heavy atom. The number of aromatic amines is 1. The van der Waals surface area contributed by atoms with Gasteiger partial charge in [-0.25, -0.2) is 0 Å². The van der Waals surface area contributed by atoms with Crippen LogP contribution < -0.4 is 4.74 Å². The lowest BCUT2D eigenvalue weighted by Crippen LogP contribution is -2.12. The average molecular weight is 167 g/mol. The van der Waals surface area contributed by atoms with Crippen molar-refractivity contribution in [1.29, 1.82) is 0 Å². The highest BCUT2D eigenvalue weighted by Crippen LogP contribution is 2.30. The fourth-order valence-corrected chi connectivity index (χ4v) is 1.28. The topological polar surface area (TPSA) is 25.0 Å². The Morgan fingerprint density at radius 1 is 1.33 bits per heavy atom. The predicted octanol–water partition coefficient (Wildman–Crippen LogP) is 2.63. The summed E-state index contributed by atoms with van der Waals surface area (Å²) in [5.41, 5.74) is 2.44. The van der Waals surface area contributed by atoms with Crippen LogP contribution >= 0.6 is 0 Å². The molecule has 0 aliphatic carbocycles. The molecule has 1 aromatic heterocycles. The Balaban J connectivity index is 3.13. The maximum absolute atomic E-state index is 5.26. The number of hydrogen-bond acceptors (Lipinski definition) is 1. The van der Waals surface area contributed by atoms with Gasteiger partial charge in [0.25, 0.3) is 0 Å². The molecule has 0 saturated heterocycles. The minimum atomic E-state index is 0.125. The highest BCUT2D eigenvalue weighted by Gasteiger charge is 2.20. The molecule has 0 aromatic carbocycles. The van der Waals surface area contributed by atoms with Crippen LogP contribution in [0, 0.1) is 6.92 Å². The summed E-state index contributed by atoms with van der Waals surface area (Å²) in [7, 11) is 1.71. The van der Waals surface area contributed by atoms with Gasteiger partial charge in [-0.05, 0) is 6.92 Å². The molecule has 1 rings (SSSR count). The van der Waals surface area contributed by atoms with Crippen LogP contribution in [0.3, 0.4) is 0 Å². The summed E-state index contributed by atoms with van der Waals surface area (Å²) >= 11 is 0. The molecule has 1 N–H and O–H groups in total. The Labute approximate surface area is 73.9 Å². The molecule has 1 aromatic rings. The van der Waals surface area contributed by atoms with Crippen molar-refractivity contribution in [2.45, 2.75) is 33.1 Å². The van der Waals surface area contributed by atoms with Gasteiger partial charge in [0.15, 0.2) is 0 Å². The van der Waals surface area contributed by atoms with E-state index >= 15 is 0 Å². The first kappa shape index (κ1) is 9.17. The molecule has 68 valence electrons. The third-order valence-corrected chi connectivity index (χ3v) is 1.89. The van der Waals surface area contributed by atoms with Gasteiger partial charge in [-0.2, -0.15) is 0 Å². The molecule has 0 unspecified atom stereocenters. The van der Waals surface area contributed by atoms with Crippen LogP contribution in [0.25, 0.3) is 0 Å². The summed E-state index contributed by atoms with van der Waals surface area (Å²) < 4.78 is 5.26. The maximum atomic E-state index is 5.26. The van der Waals surface area contributed by atoms with Crippen LogP contribution in [-0.4, -0.2) is 12.1 Å². The van der Waals surface area contributed by atoms with E-state index in [1.54, 1.807) is 7.11 Å². The van der Waals surface area contributed by atoms with Crippen LogP contribution in [0.2, 0.25) is 0 Å². The number of ether oxygens (including phenoxy) is 1. The molecule has 0 atom stereocenters. The SMILES string of the molecule is COc1cc(C)[nH]c1C(C)(C)C. The van der Waals surface area contributed by atoms with E-state index in [1.807, 2.05) is 13.0 Å². The second kappa shape index (κ2) is 2.85. The van der Waals surface area contributed by atoms with Crippen LogP contribution in [-0.2, 0) is 5.41 Å². The van der Waals surface area contributed by atoms with Crippen LogP contribution in [0.1, 0.15) is 32.2 Å². The van der Waals surface area contributed by atoms with Gasteiger partial charge in [-0.1, -0.05) is 20.8 Å². The normalized spacial score (nSPS) is 11.8. The zero-order valence-electron chi connectivity index (χ0n) is 8.49. The lowest BCUT2D eigenvalue weighted by Gasteiger charge is -2.18. The Morgan fingerprint density at radius 2 is 1.92 bits per heavy atom. The van der Waals surface area contributed by atoms with Crippen LogP contribution in [0.5, 0.6) is 5.75 Å². The first-order valence-corrected chi connectivity index (χ1v) is 4.19. The Kier molecular flexibility index (Phi) is 2.18. The van der Waals surface area contributed by atoms with E-state index in [0.717, 1.165) is 11.4 Å². The van der Waals surface area contributed by atoms with Gasteiger partial charge in [0.1, 0.15) is 5.75 Å². The molecule has 2 nitrogen and oxygen atoms in total. The van der Waals surface area contributed by atoms with Crippen molar-refractivity contribution in [3.05, 3.63) is 17.5 Å². The van der Waals surface area contributed by atoms with E-state index in [-0.39, 0.29) is 5.41 Å². The third kappa shape index (κ3) is 1.63. The summed E-state index contributed by atoms with van der Waals surface area (Å²) in [6.45, 7) is 8.54. The summed E-state index contributed by atoms with van der Waals surface area (Å²) in [6.07, 6.45) is 0. The van der Waals surface area contributed by atoms with Gasteiger partial charge >= 0.3 is 0 Å². The smallest absolute Gasteiger partial charge is 0.140 e. The van der Waals surface area contributed by atoms with Crippen molar-refractivity contribution in [3.63, 3.8) is 0 Å². The molecule has 0 saturated carbocycles. The zero-order chi connectivity index (χ0) is 9.35. The number of aromatic nitrogens is 1. The standard InChI is InChI=1S/C10H17NO/c1-7-6-8(12-5)9(11-7)10(2,3)4/h6,11H,1-5H3. The predicted molar refractivity (Wildman–Crippen MR) is 50.8 cm³/mol. The molecule has 0 amide bonds. The second-order valence-corrected chi connectivity index (χ2v) is 4.15. The molecule has 0 aliphatic rings. The molecule has 0 aliphatic heterocycles. The van der Waals surface area contributed by atoms with Crippen LogP contribution in [0.4, 0.5) is 0 Å². The molecule has 0 spiro atoms. The van der Waals surface area contributed by atoms with E-state index in [0.29, 0.717) is 0 Å². The van der Waals surface area contributed by atoms with Gasteiger partial charge in [0.2, 0.25) is 0 Å². The Bertz CT molecular complexity index is 268. The van der Waals surface area contributed by atoms with E-state index < -0.39 is 0 Å². The minimum Gasteiger partial charge on any atom is -0.495 e. The molecule has 12 heavy (non-hydrogen) atoms. The number of aryl methyl sites for hydroxylation is 1. The van der Waals surface area contributed by atoms with Gasteiger partial charge in [0.05, 0.1) is 12.8 Å². The van der Waals surface area contributed by atoms with Crippen molar-refractivity contribution < 1.29 is 4.74 Å². The fourth-order valence-electron chi connectivity index (χ4n) is 1.28. The molecule has 1 heterocycles. The molecular weight excluding hydrogens is 150 g/mol. The molecule has 0 bridgehead atoms. The van der Waals surface area contributed by atoms with Gasteiger partial charge < -0.3 is 9.72 Å². The van der Waals surface area contributed by atoms with Crippen molar-refractivity contribution >= 4 is 0 Å². The molecule has 0 fully saturated rings. The zero-order valence-corrected chi connectivity index (χ0v) is 8.49. The van der Waals surface area contributed by atoms with Crippen molar-refractivity contribution in [2.75, 3.05) is 7.11 Å².